The van der Waals surface area contributed by atoms with E-state index < -0.39 is 0 Å². The Labute approximate surface area is 112 Å². The minimum atomic E-state index is 0.266. The van der Waals surface area contributed by atoms with E-state index in [2.05, 4.69) is 26.1 Å². The summed E-state index contributed by atoms with van der Waals surface area (Å²) in [5.74, 6) is 0. The molecule has 0 spiro atoms. The number of aliphatic hydroxyl groups is 1. The van der Waals surface area contributed by atoms with Crippen molar-refractivity contribution in [3.05, 3.63) is 0 Å². The molecule has 4 rings (SSSR count). The smallest absolute Gasteiger partial charge is 0.0555 e. The summed E-state index contributed by atoms with van der Waals surface area (Å²) in [6.45, 7) is 9.73. The molecule has 4 bridgehead atoms. The molecule has 0 aromatic heterocycles. The predicted octanol–water partition coefficient (Wildman–Crippen LogP) is 2.96. The Morgan fingerprint density at radius 1 is 0.833 bits per heavy atom. The fourth-order valence-electron chi connectivity index (χ4n) is 7.18. The molecule has 0 radical (unpaired) electrons. The second-order valence-electron chi connectivity index (χ2n) is 8.89. The van der Waals surface area contributed by atoms with Gasteiger partial charge in [0, 0.05) is 13.1 Å². The van der Waals surface area contributed by atoms with Crippen molar-refractivity contribution < 1.29 is 5.11 Å². The van der Waals surface area contributed by atoms with Crippen LogP contribution in [0.15, 0.2) is 0 Å². The lowest BCUT2D eigenvalue weighted by Gasteiger charge is -2.69. The van der Waals surface area contributed by atoms with Crippen LogP contribution in [0.4, 0.5) is 0 Å². The van der Waals surface area contributed by atoms with Crippen LogP contribution in [0.3, 0.4) is 0 Å². The Hall–Kier alpha value is -0.0800. The number of aliphatic hydroxyl groups excluding tert-OH is 1. The maximum Gasteiger partial charge on any atom is 0.0555 e. The summed E-state index contributed by atoms with van der Waals surface area (Å²) >= 11 is 0. The third-order valence-corrected chi connectivity index (χ3v) is 5.75. The average molecular weight is 251 g/mol. The maximum absolute atomic E-state index is 8.97. The highest BCUT2D eigenvalue weighted by atomic mass is 16.3. The number of hydrogen-bond donors (Lipinski definition) is 2. The van der Waals surface area contributed by atoms with Gasteiger partial charge in [0.2, 0.25) is 0 Å². The van der Waals surface area contributed by atoms with Gasteiger partial charge in [0.1, 0.15) is 0 Å². The van der Waals surface area contributed by atoms with Crippen LogP contribution in [0.25, 0.3) is 0 Å². The molecule has 2 heteroatoms. The molecule has 4 aliphatic rings. The standard InChI is InChI=1S/C16H29NO/c1-13-6-14(2)8-15(3,7-13)11-16(9-13,10-14)12-17-4-5-18/h17-18H,4-12H2,1-3H3. The van der Waals surface area contributed by atoms with Crippen molar-refractivity contribution in [2.75, 3.05) is 19.7 Å². The summed E-state index contributed by atoms with van der Waals surface area (Å²) in [7, 11) is 0. The Balaban J connectivity index is 1.84. The maximum atomic E-state index is 8.97. The second kappa shape index (κ2) is 3.73. The number of hydrogen-bond acceptors (Lipinski definition) is 2. The first-order valence-electron chi connectivity index (χ1n) is 7.62. The van der Waals surface area contributed by atoms with Gasteiger partial charge in [-0.25, -0.2) is 0 Å². The first kappa shape index (κ1) is 12.9. The van der Waals surface area contributed by atoms with Crippen molar-refractivity contribution in [3.63, 3.8) is 0 Å². The Morgan fingerprint density at radius 2 is 1.28 bits per heavy atom. The minimum absolute atomic E-state index is 0.266. The van der Waals surface area contributed by atoms with E-state index in [1.807, 2.05) is 0 Å². The molecule has 0 aliphatic heterocycles. The van der Waals surface area contributed by atoms with Crippen LogP contribution in [-0.4, -0.2) is 24.8 Å². The van der Waals surface area contributed by atoms with Gasteiger partial charge in [-0.2, -0.15) is 0 Å². The van der Waals surface area contributed by atoms with Crippen LogP contribution in [0.2, 0.25) is 0 Å². The van der Waals surface area contributed by atoms with E-state index in [1.165, 1.54) is 38.5 Å². The largest absolute Gasteiger partial charge is 0.395 e. The molecule has 0 amide bonds. The van der Waals surface area contributed by atoms with Gasteiger partial charge in [0.15, 0.2) is 0 Å². The molecule has 0 saturated heterocycles. The van der Waals surface area contributed by atoms with Crippen molar-refractivity contribution in [1.29, 1.82) is 0 Å². The zero-order valence-corrected chi connectivity index (χ0v) is 12.3. The quantitative estimate of drug-likeness (QED) is 0.753. The van der Waals surface area contributed by atoms with E-state index in [0.29, 0.717) is 21.7 Å². The normalized spacial score (nSPS) is 54.0. The van der Waals surface area contributed by atoms with Crippen molar-refractivity contribution >= 4 is 0 Å². The van der Waals surface area contributed by atoms with Crippen molar-refractivity contribution in [1.82, 2.24) is 5.32 Å². The molecule has 0 heterocycles. The van der Waals surface area contributed by atoms with E-state index in [9.17, 15) is 0 Å². The van der Waals surface area contributed by atoms with Gasteiger partial charge in [0.05, 0.1) is 6.61 Å². The lowest BCUT2D eigenvalue weighted by atomic mass is 9.36. The van der Waals surface area contributed by atoms with Crippen LogP contribution < -0.4 is 5.32 Å². The van der Waals surface area contributed by atoms with Gasteiger partial charge in [-0.1, -0.05) is 20.8 Å². The third-order valence-electron chi connectivity index (χ3n) is 5.75. The number of nitrogens with one attached hydrogen (secondary N) is 1. The molecule has 0 atom stereocenters. The number of rotatable bonds is 4. The highest BCUT2D eigenvalue weighted by Crippen LogP contribution is 2.73. The summed E-state index contributed by atoms with van der Waals surface area (Å²) in [5, 5.41) is 12.5. The third kappa shape index (κ3) is 2.02. The topological polar surface area (TPSA) is 32.3 Å². The lowest BCUT2D eigenvalue weighted by molar-refractivity contribution is -0.181. The van der Waals surface area contributed by atoms with Gasteiger partial charge >= 0.3 is 0 Å². The Kier molecular flexibility index (Phi) is 2.68. The van der Waals surface area contributed by atoms with Crippen LogP contribution in [-0.2, 0) is 0 Å². The molecular formula is C16H29NO. The molecule has 4 saturated carbocycles. The zero-order valence-electron chi connectivity index (χ0n) is 12.3. The van der Waals surface area contributed by atoms with Gasteiger partial charge < -0.3 is 10.4 Å². The molecule has 0 unspecified atom stereocenters. The highest BCUT2D eigenvalue weighted by Gasteiger charge is 2.63. The molecule has 104 valence electrons. The summed E-state index contributed by atoms with van der Waals surface area (Å²) in [5.41, 5.74) is 2.26. The van der Waals surface area contributed by atoms with E-state index in [1.54, 1.807) is 0 Å². The summed E-state index contributed by atoms with van der Waals surface area (Å²) in [6, 6.07) is 0. The van der Waals surface area contributed by atoms with E-state index in [4.69, 9.17) is 5.11 Å². The molecule has 18 heavy (non-hydrogen) atoms. The van der Waals surface area contributed by atoms with Crippen molar-refractivity contribution in [2.45, 2.75) is 59.3 Å². The molecule has 4 aliphatic carbocycles. The summed E-state index contributed by atoms with van der Waals surface area (Å²) < 4.78 is 0. The monoisotopic (exact) mass is 251 g/mol. The summed E-state index contributed by atoms with van der Waals surface area (Å²) in [4.78, 5) is 0. The van der Waals surface area contributed by atoms with E-state index in [0.717, 1.165) is 13.1 Å². The van der Waals surface area contributed by atoms with E-state index in [-0.39, 0.29) is 6.61 Å². The SMILES string of the molecule is CC12CC3(C)CC(C)(C1)CC(CNCCO)(C2)C3. The van der Waals surface area contributed by atoms with Gasteiger partial charge in [-0.05, 0) is 60.2 Å². The van der Waals surface area contributed by atoms with Gasteiger partial charge in [0.25, 0.3) is 0 Å². The van der Waals surface area contributed by atoms with Gasteiger partial charge in [-0.15, -0.1) is 0 Å². The van der Waals surface area contributed by atoms with Crippen LogP contribution in [0, 0.1) is 21.7 Å². The second-order valence-corrected chi connectivity index (χ2v) is 8.89. The molecule has 2 N–H and O–H groups in total. The fraction of sp³-hybridized carbons (Fsp3) is 1.00. The lowest BCUT2D eigenvalue weighted by Crippen LogP contribution is -2.61. The summed E-state index contributed by atoms with van der Waals surface area (Å²) in [6.07, 6.45) is 8.54. The Morgan fingerprint density at radius 3 is 1.67 bits per heavy atom. The van der Waals surface area contributed by atoms with E-state index >= 15 is 0 Å². The van der Waals surface area contributed by atoms with Gasteiger partial charge in [-0.3, -0.25) is 0 Å². The minimum Gasteiger partial charge on any atom is -0.395 e. The molecule has 0 aromatic carbocycles. The predicted molar refractivity (Wildman–Crippen MR) is 74.4 cm³/mol. The van der Waals surface area contributed by atoms with Crippen LogP contribution >= 0.6 is 0 Å². The average Bonchev–Trinajstić information content (AvgIpc) is 2.09. The Bertz CT molecular complexity index is 297. The first-order chi connectivity index (χ1) is 8.30. The molecule has 0 aromatic rings. The first-order valence-corrected chi connectivity index (χ1v) is 7.62. The molecule has 4 fully saturated rings. The highest BCUT2D eigenvalue weighted by molar-refractivity contribution is 5.14. The molecule has 2 nitrogen and oxygen atoms in total. The zero-order chi connectivity index (χ0) is 13.1. The van der Waals surface area contributed by atoms with Crippen molar-refractivity contribution in [3.8, 4) is 0 Å². The van der Waals surface area contributed by atoms with Crippen LogP contribution in [0.5, 0.6) is 0 Å². The molecular weight excluding hydrogens is 222 g/mol. The van der Waals surface area contributed by atoms with Crippen molar-refractivity contribution in [2.24, 2.45) is 21.7 Å². The fourth-order valence-corrected chi connectivity index (χ4v) is 7.18. The van der Waals surface area contributed by atoms with Crippen LogP contribution in [0.1, 0.15) is 59.3 Å².